The molecule has 0 aliphatic carbocycles. The highest BCUT2D eigenvalue weighted by Crippen LogP contribution is 2.17. The Kier molecular flexibility index (Phi) is 3.82. The maximum atomic E-state index is 12.4. The molecule has 0 spiro atoms. The van der Waals surface area contributed by atoms with E-state index in [0.29, 0.717) is 13.1 Å². The zero-order valence-electron chi connectivity index (χ0n) is 14.1. The number of nitrogens with zero attached hydrogens (tertiary/aromatic N) is 2. The van der Waals surface area contributed by atoms with Crippen LogP contribution in [-0.4, -0.2) is 15.3 Å². The van der Waals surface area contributed by atoms with Crippen molar-refractivity contribution in [1.82, 2.24) is 20.6 Å². The van der Waals surface area contributed by atoms with Crippen molar-refractivity contribution >= 4 is 21.9 Å². The molecule has 2 aromatic heterocycles. The first-order valence-electron chi connectivity index (χ1n) is 8.16. The minimum absolute atomic E-state index is 0.0573. The Morgan fingerprint density at radius 2 is 1.80 bits per heavy atom. The van der Waals surface area contributed by atoms with Crippen molar-refractivity contribution in [2.45, 2.75) is 26.9 Å². The molecule has 0 radical (unpaired) electrons. The van der Waals surface area contributed by atoms with Gasteiger partial charge >= 0.3 is 0 Å². The molecule has 4 aromatic rings. The lowest BCUT2D eigenvalue weighted by atomic mass is 10.0. The van der Waals surface area contributed by atoms with Crippen LogP contribution in [0.2, 0.25) is 0 Å². The first-order valence-corrected chi connectivity index (χ1v) is 8.16. The number of aryl methyl sites for hydroxylation is 2. The van der Waals surface area contributed by atoms with E-state index >= 15 is 0 Å². The maximum absolute atomic E-state index is 12.4. The van der Waals surface area contributed by atoms with Crippen molar-refractivity contribution in [2.24, 2.45) is 0 Å². The number of hydrogen-bond donors (Lipinski definition) is 2. The van der Waals surface area contributed by atoms with E-state index in [9.17, 15) is 4.79 Å². The van der Waals surface area contributed by atoms with Gasteiger partial charge in [-0.3, -0.25) is 4.79 Å². The predicted octanol–water partition coefficient (Wildman–Crippen LogP) is 2.97. The molecule has 2 aromatic carbocycles. The Morgan fingerprint density at radius 1 is 1.00 bits per heavy atom. The van der Waals surface area contributed by atoms with Crippen LogP contribution in [0.4, 0.5) is 0 Å². The largest absolute Gasteiger partial charge is 0.357 e. The van der Waals surface area contributed by atoms with Gasteiger partial charge in [-0.2, -0.15) is 0 Å². The summed E-state index contributed by atoms with van der Waals surface area (Å²) < 4.78 is 4.71. The molecular weight excluding hydrogens is 316 g/mol. The summed E-state index contributed by atoms with van der Waals surface area (Å²) in [4.78, 5) is 15.8. The number of H-pyrrole nitrogens is 1. The van der Waals surface area contributed by atoms with Gasteiger partial charge < -0.3 is 10.3 Å². The lowest BCUT2D eigenvalue weighted by Crippen LogP contribution is -2.16. The smallest absolute Gasteiger partial charge is 0.189 e. The Balaban J connectivity index is 1.54. The molecule has 0 saturated carbocycles. The molecule has 0 aliphatic heterocycles. The highest BCUT2D eigenvalue weighted by atomic mass is 16.6. The van der Waals surface area contributed by atoms with Crippen molar-refractivity contribution in [3.05, 3.63) is 69.0 Å². The number of aromatic nitrogens is 3. The van der Waals surface area contributed by atoms with Crippen molar-refractivity contribution < 1.29 is 4.63 Å². The van der Waals surface area contributed by atoms with E-state index in [1.807, 2.05) is 44.2 Å². The Morgan fingerprint density at radius 3 is 2.68 bits per heavy atom. The third kappa shape index (κ3) is 2.92. The molecular formula is C19H18N4O2. The number of pyridine rings is 1. The van der Waals surface area contributed by atoms with Gasteiger partial charge in [-0.25, -0.2) is 4.63 Å². The summed E-state index contributed by atoms with van der Waals surface area (Å²) in [6.45, 7) is 5.21. The molecule has 0 aliphatic rings. The molecule has 0 atom stereocenters. The second-order valence-corrected chi connectivity index (χ2v) is 6.30. The predicted molar refractivity (Wildman–Crippen MR) is 96.4 cm³/mol. The van der Waals surface area contributed by atoms with Crippen LogP contribution in [0.25, 0.3) is 21.9 Å². The molecule has 0 amide bonds. The Hall–Kier alpha value is -2.99. The van der Waals surface area contributed by atoms with E-state index in [2.05, 4.69) is 20.6 Å². The number of fused-ring (bicyclic) bond motifs is 2. The summed E-state index contributed by atoms with van der Waals surface area (Å²) in [5.41, 5.74) is 6.48. The Bertz CT molecular complexity index is 1130. The number of benzene rings is 2. The van der Waals surface area contributed by atoms with Gasteiger partial charge in [0.25, 0.3) is 0 Å². The van der Waals surface area contributed by atoms with Crippen LogP contribution >= 0.6 is 0 Å². The van der Waals surface area contributed by atoms with Crippen LogP contribution < -0.4 is 10.7 Å². The van der Waals surface area contributed by atoms with Gasteiger partial charge in [0.15, 0.2) is 5.43 Å². The van der Waals surface area contributed by atoms with Crippen LogP contribution in [0, 0.1) is 13.8 Å². The van der Waals surface area contributed by atoms with Gasteiger partial charge in [0, 0.05) is 30.2 Å². The number of hydrogen-bond acceptors (Lipinski definition) is 5. The topological polar surface area (TPSA) is 83.8 Å². The lowest BCUT2D eigenvalue weighted by molar-refractivity contribution is 0.315. The first-order chi connectivity index (χ1) is 12.1. The van der Waals surface area contributed by atoms with Crippen LogP contribution in [0.1, 0.15) is 22.4 Å². The zero-order valence-corrected chi connectivity index (χ0v) is 14.1. The summed E-state index contributed by atoms with van der Waals surface area (Å²) in [7, 11) is 0. The van der Waals surface area contributed by atoms with Crippen LogP contribution in [-0.2, 0) is 13.1 Å². The second kappa shape index (κ2) is 6.14. The van der Waals surface area contributed by atoms with Crippen molar-refractivity contribution in [3.8, 4) is 0 Å². The highest BCUT2D eigenvalue weighted by molar-refractivity contribution is 5.84. The van der Waals surface area contributed by atoms with E-state index in [0.717, 1.165) is 44.3 Å². The zero-order chi connectivity index (χ0) is 17.4. The standard InChI is InChI=1S/C19H18N4O2/c1-11-3-4-12(2)19-18(11)17(24)8-14(21-19)10-20-9-13-5-6-15-16(7-13)23-25-22-15/h3-8,20H,9-10H2,1-2H3,(H,21,24). The van der Waals surface area contributed by atoms with E-state index in [-0.39, 0.29) is 5.43 Å². The molecule has 2 N–H and O–H groups in total. The molecule has 6 heteroatoms. The van der Waals surface area contributed by atoms with E-state index < -0.39 is 0 Å². The summed E-state index contributed by atoms with van der Waals surface area (Å²) in [6.07, 6.45) is 0. The third-order valence-corrected chi connectivity index (χ3v) is 4.42. The first kappa shape index (κ1) is 15.5. The molecule has 0 unspecified atom stereocenters. The van der Waals surface area contributed by atoms with Crippen molar-refractivity contribution in [3.63, 3.8) is 0 Å². The number of aromatic amines is 1. The quantitative estimate of drug-likeness (QED) is 0.599. The average molecular weight is 334 g/mol. The Labute approximate surface area is 143 Å². The normalized spacial score (nSPS) is 11.4. The minimum Gasteiger partial charge on any atom is -0.357 e. The number of rotatable bonds is 4. The van der Waals surface area contributed by atoms with Crippen LogP contribution in [0.3, 0.4) is 0 Å². The van der Waals surface area contributed by atoms with Gasteiger partial charge in [0.05, 0.1) is 5.52 Å². The summed E-state index contributed by atoms with van der Waals surface area (Å²) in [5, 5.41) is 11.8. The third-order valence-electron chi connectivity index (χ3n) is 4.42. The fraction of sp³-hybridized carbons (Fsp3) is 0.211. The van der Waals surface area contributed by atoms with Crippen molar-refractivity contribution in [2.75, 3.05) is 0 Å². The van der Waals surface area contributed by atoms with Crippen LogP contribution in [0.15, 0.2) is 45.8 Å². The fourth-order valence-electron chi connectivity index (χ4n) is 3.09. The van der Waals surface area contributed by atoms with E-state index in [1.165, 1.54) is 0 Å². The van der Waals surface area contributed by atoms with Gasteiger partial charge in [-0.1, -0.05) is 18.2 Å². The maximum Gasteiger partial charge on any atom is 0.189 e. The molecule has 0 fully saturated rings. The van der Waals surface area contributed by atoms with Gasteiger partial charge in [0.2, 0.25) is 0 Å². The van der Waals surface area contributed by atoms with E-state index in [1.54, 1.807) is 6.07 Å². The molecule has 25 heavy (non-hydrogen) atoms. The van der Waals surface area contributed by atoms with Gasteiger partial charge in [-0.05, 0) is 53.0 Å². The molecule has 126 valence electrons. The molecule has 4 rings (SSSR count). The van der Waals surface area contributed by atoms with E-state index in [4.69, 9.17) is 4.63 Å². The van der Waals surface area contributed by atoms with Gasteiger partial charge in [0.1, 0.15) is 11.0 Å². The van der Waals surface area contributed by atoms with Gasteiger partial charge in [-0.15, -0.1) is 0 Å². The molecule has 0 saturated heterocycles. The average Bonchev–Trinajstić information content (AvgIpc) is 3.06. The highest BCUT2D eigenvalue weighted by Gasteiger charge is 2.07. The summed E-state index contributed by atoms with van der Waals surface area (Å²) in [6, 6.07) is 11.5. The molecule has 2 heterocycles. The SMILES string of the molecule is Cc1ccc(C)c2c(=O)cc(CNCc3ccc4nonc4c3)[nH]c12. The monoisotopic (exact) mass is 334 g/mol. The van der Waals surface area contributed by atoms with Crippen molar-refractivity contribution in [1.29, 1.82) is 0 Å². The van der Waals surface area contributed by atoms with Crippen LogP contribution in [0.5, 0.6) is 0 Å². The number of nitrogens with one attached hydrogen (secondary N) is 2. The molecule has 0 bridgehead atoms. The fourth-order valence-corrected chi connectivity index (χ4v) is 3.09. The summed E-state index contributed by atoms with van der Waals surface area (Å²) >= 11 is 0. The minimum atomic E-state index is 0.0573. The second-order valence-electron chi connectivity index (χ2n) is 6.30. The lowest BCUT2D eigenvalue weighted by Gasteiger charge is -2.10. The molecule has 6 nitrogen and oxygen atoms in total. The summed E-state index contributed by atoms with van der Waals surface area (Å²) in [5.74, 6) is 0.